The van der Waals surface area contributed by atoms with Gasteiger partial charge >= 0.3 is 6.18 Å². The second-order valence-corrected chi connectivity index (χ2v) is 7.37. The van der Waals surface area contributed by atoms with Crippen molar-refractivity contribution in [2.45, 2.75) is 19.7 Å². The summed E-state index contributed by atoms with van der Waals surface area (Å²) in [5.74, 6) is 2.67. The van der Waals surface area contributed by atoms with Crippen molar-refractivity contribution in [2.24, 2.45) is 0 Å². The lowest BCUT2D eigenvalue weighted by Crippen LogP contribution is -2.21. The average molecular weight is 484 g/mol. The Labute approximate surface area is 197 Å². The highest BCUT2D eigenvalue weighted by Gasteiger charge is 2.39. The maximum absolute atomic E-state index is 13.9. The standard InChI is InChI=1S/C24H19F3N4O4/c1-5-9-16(34-4)19-13(2)35-22(29-19)18-15(12-33-3)28-21-17(14-10-7-6-8-11-14)20(24(25,26)27)30-31(21)23(18)32/h1,6-11,28H,12H2,2-4H3/b16-9+. The average Bonchev–Trinajstić information content (AvgIpc) is 3.39. The summed E-state index contributed by atoms with van der Waals surface area (Å²) in [6, 6.07) is 7.86. The maximum atomic E-state index is 13.9. The van der Waals surface area contributed by atoms with E-state index in [2.05, 4.69) is 21.0 Å². The number of nitrogens with one attached hydrogen (secondary N) is 1. The van der Waals surface area contributed by atoms with E-state index in [1.807, 2.05) is 0 Å². The molecule has 1 N–H and O–H groups in total. The van der Waals surface area contributed by atoms with E-state index in [0.29, 0.717) is 4.52 Å². The van der Waals surface area contributed by atoms with Crippen LogP contribution in [0.3, 0.4) is 0 Å². The van der Waals surface area contributed by atoms with Crippen molar-refractivity contribution >= 4 is 11.4 Å². The van der Waals surface area contributed by atoms with Crippen molar-refractivity contribution in [3.05, 3.63) is 69.6 Å². The number of halogens is 3. The Morgan fingerprint density at radius 1 is 1.26 bits per heavy atom. The first-order valence-electron chi connectivity index (χ1n) is 10.2. The van der Waals surface area contributed by atoms with Crippen LogP contribution in [0.2, 0.25) is 0 Å². The molecule has 4 rings (SSSR count). The molecule has 3 heterocycles. The highest BCUT2D eigenvalue weighted by atomic mass is 19.4. The molecule has 0 unspecified atom stereocenters. The molecule has 180 valence electrons. The third kappa shape index (κ3) is 4.20. The van der Waals surface area contributed by atoms with Crippen molar-refractivity contribution in [2.75, 3.05) is 14.2 Å². The Bertz CT molecular complexity index is 1520. The lowest BCUT2D eigenvalue weighted by atomic mass is 10.1. The third-order valence-corrected chi connectivity index (χ3v) is 5.16. The summed E-state index contributed by atoms with van der Waals surface area (Å²) in [4.78, 5) is 20.7. The van der Waals surface area contributed by atoms with Crippen molar-refractivity contribution in [3.63, 3.8) is 0 Å². The summed E-state index contributed by atoms with van der Waals surface area (Å²) in [6.07, 6.45) is 1.83. The highest BCUT2D eigenvalue weighted by Crippen LogP contribution is 2.38. The van der Waals surface area contributed by atoms with E-state index in [0.717, 1.165) is 0 Å². The maximum Gasteiger partial charge on any atom is 0.435 e. The zero-order valence-corrected chi connectivity index (χ0v) is 18.9. The number of terminal acetylenes is 1. The van der Waals surface area contributed by atoms with Crippen LogP contribution in [0.5, 0.6) is 0 Å². The van der Waals surface area contributed by atoms with Crippen LogP contribution in [0.15, 0.2) is 45.6 Å². The van der Waals surface area contributed by atoms with Crippen LogP contribution in [0, 0.1) is 19.3 Å². The van der Waals surface area contributed by atoms with Crippen LogP contribution in [0.1, 0.15) is 22.8 Å². The molecule has 4 aromatic rings. The molecule has 35 heavy (non-hydrogen) atoms. The number of fused-ring (bicyclic) bond motifs is 1. The van der Waals surface area contributed by atoms with Crippen LogP contribution in [-0.2, 0) is 22.3 Å². The fourth-order valence-corrected chi connectivity index (χ4v) is 3.70. The van der Waals surface area contributed by atoms with Gasteiger partial charge in [0, 0.05) is 13.2 Å². The number of alkyl halides is 3. The van der Waals surface area contributed by atoms with Gasteiger partial charge in [-0.15, -0.1) is 6.42 Å². The number of H-pyrrole nitrogens is 1. The number of benzene rings is 1. The molecule has 11 heteroatoms. The van der Waals surface area contributed by atoms with Crippen LogP contribution in [0.4, 0.5) is 13.2 Å². The van der Waals surface area contributed by atoms with Crippen LogP contribution in [0.25, 0.3) is 34.0 Å². The normalized spacial score (nSPS) is 12.2. The molecule has 0 atom stereocenters. The smallest absolute Gasteiger partial charge is 0.435 e. The van der Waals surface area contributed by atoms with Crippen molar-refractivity contribution < 1.29 is 27.1 Å². The van der Waals surface area contributed by atoms with Gasteiger partial charge in [0.2, 0.25) is 5.89 Å². The minimum Gasteiger partial charge on any atom is -0.494 e. The summed E-state index contributed by atoms with van der Waals surface area (Å²) in [6.45, 7) is 1.44. The Kier molecular flexibility index (Phi) is 6.24. The van der Waals surface area contributed by atoms with E-state index in [9.17, 15) is 18.0 Å². The summed E-state index contributed by atoms with van der Waals surface area (Å²) in [5, 5.41) is 3.63. The summed E-state index contributed by atoms with van der Waals surface area (Å²) in [7, 11) is 2.77. The summed E-state index contributed by atoms with van der Waals surface area (Å²) >= 11 is 0. The molecular formula is C24H19F3N4O4. The number of oxazole rings is 1. The minimum atomic E-state index is -4.82. The molecule has 0 aliphatic carbocycles. The zero-order valence-electron chi connectivity index (χ0n) is 18.9. The Morgan fingerprint density at radius 3 is 2.57 bits per heavy atom. The number of hydrogen-bond donors (Lipinski definition) is 1. The molecule has 0 spiro atoms. The number of methoxy groups -OCH3 is 2. The first-order chi connectivity index (χ1) is 16.7. The van der Waals surface area contributed by atoms with Gasteiger partial charge in [-0.05, 0) is 12.5 Å². The molecule has 8 nitrogen and oxygen atoms in total. The second kappa shape index (κ2) is 9.15. The molecule has 0 saturated heterocycles. The van der Waals surface area contributed by atoms with Gasteiger partial charge in [0.1, 0.15) is 22.7 Å². The number of aryl methyl sites for hydroxylation is 1. The molecule has 0 aliphatic heterocycles. The topological polar surface area (TPSA) is 94.6 Å². The third-order valence-electron chi connectivity index (χ3n) is 5.16. The fraction of sp³-hybridized carbons (Fsp3) is 0.208. The van der Waals surface area contributed by atoms with Gasteiger partial charge in [-0.25, -0.2) is 4.98 Å². The number of aromatic amines is 1. The van der Waals surface area contributed by atoms with Gasteiger partial charge in [-0.1, -0.05) is 36.3 Å². The number of allylic oxidation sites excluding steroid dienone is 1. The first kappa shape index (κ1) is 23.8. The Hall–Kier alpha value is -4.30. The molecule has 0 aliphatic rings. The number of ether oxygens (including phenoxy) is 2. The highest BCUT2D eigenvalue weighted by molar-refractivity contribution is 5.81. The van der Waals surface area contributed by atoms with Gasteiger partial charge in [0.05, 0.1) is 25.0 Å². The second-order valence-electron chi connectivity index (χ2n) is 7.37. The van der Waals surface area contributed by atoms with E-state index in [1.165, 1.54) is 32.4 Å². The molecule has 0 radical (unpaired) electrons. The monoisotopic (exact) mass is 484 g/mol. The lowest BCUT2D eigenvalue weighted by Gasteiger charge is -2.09. The van der Waals surface area contributed by atoms with Crippen LogP contribution >= 0.6 is 0 Å². The number of nitrogens with zero attached hydrogens (tertiary/aromatic N) is 3. The Morgan fingerprint density at radius 2 is 1.97 bits per heavy atom. The fourth-order valence-electron chi connectivity index (χ4n) is 3.70. The van der Waals surface area contributed by atoms with E-state index in [1.54, 1.807) is 25.1 Å². The number of rotatable bonds is 6. The predicted octanol–water partition coefficient (Wildman–Crippen LogP) is 4.44. The summed E-state index contributed by atoms with van der Waals surface area (Å²) in [5.41, 5.74) is -1.99. The molecular weight excluding hydrogens is 465 g/mol. The van der Waals surface area contributed by atoms with Crippen molar-refractivity contribution in [1.29, 1.82) is 0 Å². The van der Waals surface area contributed by atoms with Gasteiger partial charge in [0.25, 0.3) is 5.56 Å². The zero-order chi connectivity index (χ0) is 25.3. The van der Waals surface area contributed by atoms with Gasteiger partial charge in [-0.2, -0.15) is 22.8 Å². The van der Waals surface area contributed by atoms with Gasteiger partial charge in [-0.3, -0.25) is 4.79 Å². The molecule has 3 aromatic heterocycles. The van der Waals surface area contributed by atoms with E-state index < -0.39 is 17.4 Å². The van der Waals surface area contributed by atoms with Gasteiger partial charge < -0.3 is 18.9 Å². The minimum absolute atomic E-state index is 0.138. The van der Waals surface area contributed by atoms with E-state index >= 15 is 0 Å². The number of aromatic nitrogens is 4. The van der Waals surface area contributed by atoms with Crippen LogP contribution in [-0.4, -0.2) is 33.8 Å². The first-order valence-corrected chi connectivity index (χ1v) is 10.2. The quantitative estimate of drug-likeness (QED) is 0.321. The van der Waals surface area contributed by atoms with Gasteiger partial charge in [0.15, 0.2) is 11.5 Å². The predicted molar refractivity (Wildman–Crippen MR) is 121 cm³/mol. The van der Waals surface area contributed by atoms with E-state index in [4.69, 9.17) is 20.3 Å². The molecule has 0 amide bonds. The molecule has 0 saturated carbocycles. The number of hydrogen-bond acceptors (Lipinski definition) is 6. The van der Waals surface area contributed by atoms with Crippen molar-refractivity contribution in [1.82, 2.24) is 19.6 Å². The summed E-state index contributed by atoms with van der Waals surface area (Å²) < 4.78 is 58.6. The van der Waals surface area contributed by atoms with E-state index in [-0.39, 0.29) is 57.7 Å². The molecule has 0 fully saturated rings. The van der Waals surface area contributed by atoms with Crippen LogP contribution < -0.4 is 5.56 Å². The lowest BCUT2D eigenvalue weighted by molar-refractivity contribution is -0.140. The SMILES string of the molecule is C#C/C=C(/OC)c1nc(-c2c(COC)[nH]c3c(-c4ccccc4)c(C(F)(F)F)nn3c2=O)oc1C. The Balaban J connectivity index is 2.06. The molecule has 1 aromatic carbocycles. The van der Waals surface area contributed by atoms with Crippen molar-refractivity contribution in [3.8, 4) is 34.9 Å². The largest absolute Gasteiger partial charge is 0.494 e. The molecule has 0 bridgehead atoms.